The van der Waals surface area contributed by atoms with Crippen LogP contribution >= 0.6 is 11.6 Å². The van der Waals surface area contributed by atoms with Gasteiger partial charge in [0.15, 0.2) is 0 Å². The third kappa shape index (κ3) is 2.07. The molecule has 1 fully saturated rings. The van der Waals surface area contributed by atoms with E-state index in [-0.39, 0.29) is 5.60 Å². The van der Waals surface area contributed by atoms with Gasteiger partial charge in [0.05, 0.1) is 40.7 Å². The minimum absolute atomic E-state index is 0.100. The van der Waals surface area contributed by atoms with Crippen LogP contribution in [0.5, 0.6) is 0 Å². The number of hydrogen-bond donors (Lipinski definition) is 0. The van der Waals surface area contributed by atoms with Crippen LogP contribution in [0.3, 0.4) is 0 Å². The zero-order chi connectivity index (χ0) is 14.2. The number of imidazole rings is 1. The van der Waals surface area contributed by atoms with E-state index in [0.29, 0.717) is 11.4 Å². The number of aromatic nitrogens is 2. The van der Waals surface area contributed by atoms with E-state index in [4.69, 9.17) is 21.6 Å². The number of methoxy groups -OCH3 is 1. The molecule has 0 saturated heterocycles. The van der Waals surface area contributed by atoms with Crippen LogP contribution in [0.15, 0.2) is 18.2 Å². The Morgan fingerprint density at radius 2 is 2.30 bits per heavy atom. The minimum Gasteiger partial charge on any atom is -0.376 e. The van der Waals surface area contributed by atoms with Crippen LogP contribution in [0.2, 0.25) is 0 Å². The highest BCUT2D eigenvalue weighted by Gasteiger charge is 2.38. The lowest BCUT2D eigenvalue weighted by atomic mass is 9.80. The standard InChI is InChI=1S/C15H16ClN3O/c1-20-15(5-2-6-15)10-19-13-7-11(9-17)3-4-12(13)18-14(19)8-16/h3-4,7H,2,5-6,8,10H2,1H3. The van der Waals surface area contributed by atoms with Crippen LogP contribution in [-0.4, -0.2) is 22.3 Å². The number of hydrogen-bond acceptors (Lipinski definition) is 3. The Bertz CT molecular complexity index is 677. The molecule has 0 N–H and O–H groups in total. The van der Waals surface area contributed by atoms with Gasteiger partial charge in [-0.2, -0.15) is 5.26 Å². The molecule has 5 heteroatoms. The average Bonchev–Trinajstić information content (AvgIpc) is 2.79. The number of alkyl halides is 1. The summed E-state index contributed by atoms with van der Waals surface area (Å²) >= 11 is 6.02. The summed E-state index contributed by atoms with van der Waals surface area (Å²) in [4.78, 5) is 4.55. The first-order valence-electron chi connectivity index (χ1n) is 6.72. The largest absolute Gasteiger partial charge is 0.376 e. The Hall–Kier alpha value is -1.57. The number of ether oxygens (including phenoxy) is 1. The zero-order valence-corrected chi connectivity index (χ0v) is 12.2. The topological polar surface area (TPSA) is 50.8 Å². The van der Waals surface area contributed by atoms with Crippen molar-refractivity contribution in [3.05, 3.63) is 29.6 Å². The SMILES string of the molecule is COC1(Cn2c(CCl)nc3ccc(C#N)cc32)CCC1. The van der Waals surface area contributed by atoms with Crippen molar-refractivity contribution in [1.82, 2.24) is 9.55 Å². The first-order chi connectivity index (χ1) is 9.71. The van der Waals surface area contributed by atoms with Gasteiger partial charge in [-0.15, -0.1) is 11.6 Å². The van der Waals surface area contributed by atoms with Gasteiger partial charge in [-0.1, -0.05) is 0 Å². The fourth-order valence-corrected chi connectivity index (χ4v) is 3.01. The van der Waals surface area contributed by atoms with Gasteiger partial charge < -0.3 is 9.30 Å². The summed E-state index contributed by atoms with van der Waals surface area (Å²) in [6, 6.07) is 7.71. The number of nitriles is 1. The van der Waals surface area contributed by atoms with Gasteiger partial charge in [-0.25, -0.2) is 4.98 Å². The molecule has 3 rings (SSSR count). The van der Waals surface area contributed by atoms with Gasteiger partial charge in [-0.05, 0) is 37.5 Å². The number of halogens is 1. The third-order valence-electron chi connectivity index (χ3n) is 4.22. The quantitative estimate of drug-likeness (QED) is 0.812. The maximum Gasteiger partial charge on any atom is 0.124 e. The second-order valence-electron chi connectivity index (χ2n) is 5.30. The number of nitrogens with zero attached hydrogens (tertiary/aromatic N) is 3. The average molecular weight is 290 g/mol. The van der Waals surface area contributed by atoms with Crippen LogP contribution in [0.25, 0.3) is 11.0 Å². The summed E-state index contributed by atoms with van der Waals surface area (Å²) < 4.78 is 7.80. The summed E-state index contributed by atoms with van der Waals surface area (Å²) in [7, 11) is 1.76. The summed E-state index contributed by atoms with van der Waals surface area (Å²) in [6.45, 7) is 0.747. The molecule has 0 radical (unpaired) electrons. The zero-order valence-electron chi connectivity index (χ0n) is 11.4. The molecule has 1 aliphatic rings. The highest BCUT2D eigenvalue weighted by Crippen LogP contribution is 2.37. The summed E-state index contributed by atoms with van der Waals surface area (Å²) in [5.41, 5.74) is 2.38. The molecule has 0 atom stereocenters. The van der Waals surface area contributed by atoms with E-state index >= 15 is 0 Å². The lowest BCUT2D eigenvalue weighted by molar-refractivity contribution is -0.0831. The second-order valence-corrected chi connectivity index (χ2v) is 5.57. The number of fused-ring (bicyclic) bond motifs is 1. The van der Waals surface area contributed by atoms with Crippen LogP contribution in [0, 0.1) is 11.3 Å². The van der Waals surface area contributed by atoms with Crippen molar-refractivity contribution in [2.75, 3.05) is 7.11 Å². The molecule has 20 heavy (non-hydrogen) atoms. The maximum atomic E-state index is 9.06. The molecule has 1 aliphatic carbocycles. The van der Waals surface area contributed by atoms with E-state index in [0.717, 1.165) is 36.2 Å². The highest BCUT2D eigenvalue weighted by molar-refractivity contribution is 6.16. The molecule has 2 aromatic rings. The van der Waals surface area contributed by atoms with E-state index < -0.39 is 0 Å². The summed E-state index contributed by atoms with van der Waals surface area (Å²) in [5, 5.41) is 9.06. The predicted molar refractivity (Wildman–Crippen MR) is 77.6 cm³/mol. The first-order valence-corrected chi connectivity index (χ1v) is 7.25. The van der Waals surface area contributed by atoms with Gasteiger partial charge in [0.1, 0.15) is 5.82 Å². The Labute approximate surface area is 122 Å². The molecular formula is C15H16ClN3O. The fraction of sp³-hybridized carbons (Fsp3) is 0.467. The Morgan fingerprint density at radius 1 is 1.50 bits per heavy atom. The van der Waals surface area contributed by atoms with Crippen molar-refractivity contribution in [2.24, 2.45) is 0 Å². The second kappa shape index (κ2) is 5.08. The third-order valence-corrected chi connectivity index (χ3v) is 4.46. The number of rotatable bonds is 4. The Morgan fingerprint density at radius 3 is 2.85 bits per heavy atom. The lowest BCUT2D eigenvalue weighted by Gasteiger charge is -2.41. The molecule has 104 valence electrons. The Balaban J connectivity index is 2.09. The van der Waals surface area contributed by atoms with Crippen LogP contribution < -0.4 is 0 Å². The number of benzene rings is 1. The highest BCUT2D eigenvalue weighted by atomic mass is 35.5. The molecule has 1 aromatic carbocycles. The molecule has 0 aliphatic heterocycles. The monoisotopic (exact) mass is 289 g/mol. The molecule has 1 aromatic heterocycles. The summed E-state index contributed by atoms with van der Waals surface area (Å²) in [5.74, 6) is 1.19. The first kappa shape index (κ1) is 13.4. The van der Waals surface area contributed by atoms with Crippen molar-refractivity contribution >= 4 is 22.6 Å². The van der Waals surface area contributed by atoms with Gasteiger partial charge in [0.25, 0.3) is 0 Å². The van der Waals surface area contributed by atoms with E-state index in [9.17, 15) is 0 Å². The van der Waals surface area contributed by atoms with Gasteiger partial charge in [-0.3, -0.25) is 0 Å². The fourth-order valence-electron chi connectivity index (χ4n) is 2.81. The molecule has 0 unspecified atom stereocenters. The molecular weight excluding hydrogens is 274 g/mol. The maximum absolute atomic E-state index is 9.06. The van der Waals surface area contributed by atoms with E-state index in [1.54, 1.807) is 13.2 Å². The normalized spacial score (nSPS) is 16.9. The van der Waals surface area contributed by atoms with Crippen molar-refractivity contribution in [1.29, 1.82) is 5.26 Å². The van der Waals surface area contributed by atoms with Crippen molar-refractivity contribution in [2.45, 2.75) is 37.3 Å². The molecule has 0 spiro atoms. The summed E-state index contributed by atoms with van der Waals surface area (Å²) in [6.07, 6.45) is 3.31. The minimum atomic E-state index is -0.100. The molecule has 1 heterocycles. The van der Waals surface area contributed by atoms with Crippen molar-refractivity contribution in [3.63, 3.8) is 0 Å². The van der Waals surface area contributed by atoms with Gasteiger partial charge in [0, 0.05) is 7.11 Å². The van der Waals surface area contributed by atoms with E-state index in [2.05, 4.69) is 15.6 Å². The lowest BCUT2D eigenvalue weighted by Crippen LogP contribution is -2.43. The van der Waals surface area contributed by atoms with Crippen molar-refractivity contribution < 1.29 is 4.74 Å². The smallest absolute Gasteiger partial charge is 0.124 e. The van der Waals surface area contributed by atoms with E-state index in [1.807, 2.05) is 12.1 Å². The van der Waals surface area contributed by atoms with Crippen LogP contribution in [0.4, 0.5) is 0 Å². The Kier molecular flexibility index (Phi) is 3.41. The van der Waals surface area contributed by atoms with Crippen LogP contribution in [0.1, 0.15) is 30.7 Å². The van der Waals surface area contributed by atoms with Gasteiger partial charge >= 0.3 is 0 Å². The van der Waals surface area contributed by atoms with Gasteiger partial charge in [0.2, 0.25) is 0 Å². The van der Waals surface area contributed by atoms with Crippen molar-refractivity contribution in [3.8, 4) is 6.07 Å². The molecule has 0 bridgehead atoms. The molecule has 0 amide bonds. The molecule has 1 saturated carbocycles. The van der Waals surface area contributed by atoms with E-state index in [1.165, 1.54) is 6.42 Å². The predicted octanol–water partition coefficient (Wildman–Crippen LogP) is 3.22. The molecule has 4 nitrogen and oxygen atoms in total. The van der Waals surface area contributed by atoms with Crippen LogP contribution in [-0.2, 0) is 17.2 Å².